The van der Waals surface area contributed by atoms with Crippen molar-refractivity contribution in [1.29, 1.82) is 0 Å². The van der Waals surface area contributed by atoms with E-state index >= 15 is 0 Å². The third-order valence-electron chi connectivity index (χ3n) is 3.11. The van der Waals surface area contributed by atoms with E-state index in [9.17, 15) is 4.79 Å². The second-order valence-electron chi connectivity index (χ2n) is 4.37. The number of rotatable bonds is 8. The van der Waals surface area contributed by atoms with Crippen LogP contribution in [0.2, 0.25) is 0 Å². The number of likely N-dealkylation sites (N-methyl/N-ethyl adjacent to an activating group) is 1. The maximum atomic E-state index is 10.8. The quantitative estimate of drug-likeness (QED) is 0.676. The first-order valence-electron chi connectivity index (χ1n) is 5.95. The van der Waals surface area contributed by atoms with Gasteiger partial charge < -0.3 is 5.11 Å². The van der Waals surface area contributed by atoms with E-state index < -0.39 is 5.97 Å². The Hall–Kier alpha value is -0.570. The van der Waals surface area contributed by atoms with Crippen molar-refractivity contribution in [3.63, 3.8) is 0 Å². The fourth-order valence-electron chi connectivity index (χ4n) is 1.67. The molecule has 0 rings (SSSR count). The smallest absolute Gasteiger partial charge is 0.320 e. The van der Waals surface area contributed by atoms with Crippen molar-refractivity contribution in [2.24, 2.45) is 5.92 Å². The molecule has 15 heavy (non-hydrogen) atoms. The summed E-state index contributed by atoms with van der Waals surface area (Å²) in [6, 6.07) is -0.374. The summed E-state index contributed by atoms with van der Waals surface area (Å²) >= 11 is 0. The summed E-state index contributed by atoms with van der Waals surface area (Å²) in [5.74, 6) is -0.0976. The molecule has 0 saturated heterocycles. The Morgan fingerprint density at radius 1 is 1.40 bits per heavy atom. The van der Waals surface area contributed by atoms with Crippen LogP contribution >= 0.6 is 0 Å². The van der Waals surface area contributed by atoms with Gasteiger partial charge in [-0.15, -0.1) is 0 Å². The normalized spacial score (nSPS) is 15.3. The standard InChI is InChI=1S/C12H25NO2/c1-5-7-8-11(6-2)9-13(4)10(3)12(14)15/h10-11H,5-9H2,1-4H3,(H,14,15). The maximum absolute atomic E-state index is 10.8. The van der Waals surface area contributed by atoms with E-state index in [4.69, 9.17) is 5.11 Å². The zero-order chi connectivity index (χ0) is 11.8. The van der Waals surface area contributed by atoms with Crippen LogP contribution in [0.1, 0.15) is 46.5 Å². The molecule has 0 bridgehead atoms. The first-order chi connectivity index (χ1) is 7.02. The van der Waals surface area contributed by atoms with E-state index in [1.807, 2.05) is 11.9 Å². The molecule has 1 N–H and O–H groups in total. The molecule has 0 saturated carbocycles. The van der Waals surface area contributed by atoms with Gasteiger partial charge in [-0.25, -0.2) is 0 Å². The van der Waals surface area contributed by atoms with Gasteiger partial charge in [0.15, 0.2) is 0 Å². The molecule has 90 valence electrons. The lowest BCUT2D eigenvalue weighted by atomic mass is 9.98. The minimum Gasteiger partial charge on any atom is -0.480 e. The van der Waals surface area contributed by atoms with Gasteiger partial charge in [-0.2, -0.15) is 0 Å². The summed E-state index contributed by atoms with van der Waals surface area (Å²) in [6.45, 7) is 7.01. The first-order valence-corrected chi connectivity index (χ1v) is 5.95. The number of carboxylic acid groups (broad SMARTS) is 1. The van der Waals surface area contributed by atoms with Gasteiger partial charge in [-0.05, 0) is 26.3 Å². The molecule has 3 nitrogen and oxygen atoms in total. The monoisotopic (exact) mass is 215 g/mol. The van der Waals surface area contributed by atoms with Crippen molar-refractivity contribution in [3.05, 3.63) is 0 Å². The molecular formula is C12H25NO2. The Morgan fingerprint density at radius 2 is 2.00 bits per heavy atom. The molecular weight excluding hydrogens is 190 g/mol. The Labute approximate surface area is 93.5 Å². The van der Waals surface area contributed by atoms with Gasteiger partial charge in [-0.1, -0.05) is 33.1 Å². The van der Waals surface area contributed by atoms with Crippen molar-refractivity contribution in [3.8, 4) is 0 Å². The summed E-state index contributed by atoms with van der Waals surface area (Å²) in [4.78, 5) is 12.7. The Morgan fingerprint density at radius 3 is 2.40 bits per heavy atom. The number of carboxylic acids is 1. The van der Waals surface area contributed by atoms with Crippen molar-refractivity contribution < 1.29 is 9.90 Å². The van der Waals surface area contributed by atoms with Crippen molar-refractivity contribution >= 4 is 5.97 Å². The Bertz CT molecular complexity index is 182. The highest BCUT2D eigenvalue weighted by atomic mass is 16.4. The van der Waals surface area contributed by atoms with Crippen LogP contribution in [0.4, 0.5) is 0 Å². The summed E-state index contributed by atoms with van der Waals surface area (Å²) in [7, 11) is 1.90. The number of carbonyl (C=O) groups is 1. The summed E-state index contributed by atoms with van der Waals surface area (Å²) in [5.41, 5.74) is 0. The second kappa shape index (κ2) is 7.69. The zero-order valence-corrected chi connectivity index (χ0v) is 10.5. The summed E-state index contributed by atoms with van der Waals surface area (Å²) in [5, 5.41) is 8.87. The van der Waals surface area contributed by atoms with Crippen LogP contribution < -0.4 is 0 Å². The van der Waals surface area contributed by atoms with Gasteiger partial charge in [0.1, 0.15) is 6.04 Å². The molecule has 0 aromatic heterocycles. The van der Waals surface area contributed by atoms with Crippen LogP contribution in [0.3, 0.4) is 0 Å². The van der Waals surface area contributed by atoms with Crippen LogP contribution in [0.5, 0.6) is 0 Å². The van der Waals surface area contributed by atoms with Gasteiger partial charge in [0.05, 0.1) is 0 Å². The number of nitrogens with zero attached hydrogens (tertiary/aromatic N) is 1. The maximum Gasteiger partial charge on any atom is 0.320 e. The molecule has 0 aromatic rings. The van der Waals surface area contributed by atoms with Crippen LogP contribution in [0, 0.1) is 5.92 Å². The second-order valence-corrected chi connectivity index (χ2v) is 4.37. The van der Waals surface area contributed by atoms with Crippen molar-refractivity contribution in [2.45, 2.75) is 52.5 Å². The lowest BCUT2D eigenvalue weighted by Gasteiger charge is -2.26. The molecule has 0 radical (unpaired) electrons. The average Bonchev–Trinajstić information content (AvgIpc) is 2.22. The highest BCUT2D eigenvalue weighted by molar-refractivity contribution is 5.72. The van der Waals surface area contributed by atoms with Gasteiger partial charge in [0.25, 0.3) is 0 Å². The predicted octanol–water partition coefficient (Wildman–Crippen LogP) is 2.61. The molecule has 0 aromatic carbocycles. The lowest BCUT2D eigenvalue weighted by Crippen LogP contribution is -2.38. The highest BCUT2D eigenvalue weighted by Gasteiger charge is 2.19. The number of hydrogen-bond donors (Lipinski definition) is 1. The molecule has 0 amide bonds. The van der Waals surface area contributed by atoms with Gasteiger partial charge in [0, 0.05) is 6.54 Å². The van der Waals surface area contributed by atoms with Crippen molar-refractivity contribution in [2.75, 3.05) is 13.6 Å². The highest BCUT2D eigenvalue weighted by Crippen LogP contribution is 2.14. The largest absolute Gasteiger partial charge is 0.480 e. The van der Waals surface area contributed by atoms with E-state index in [2.05, 4.69) is 13.8 Å². The molecule has 2 atom stereocenters. The average molecular weight is 215 g/mol. The van der Waals surface area contributed by atoms with Gasteiger partial charge in [0.2, 0.25) is 0 Å². The molecule has 0 aliphatic rings. The van der Waals surface area contributed by atoms with Gasteiger partial charge in [-0.3, -0.25) is 9.69 Å². The van der Waals surface area contributed by atoms with E-state index in [1.54, 1.807) is 6.92 Å². The van der Waals surface area contributed by atoms with E-state index in [1.165, 1.54) is 19.3 Å². The van der Waals surface area contributed by atoms with E-state index in [-0.39, 0.29) is 6.04 Å². The first kappa shape index (κ1) is 14.4. The Kier molecular flexibility index (Phi) is 7.39. The number of aliphatic carboxylic acids is 1. The topological polar surface area (TPSA) is 40.5 Å². The molecule has 0 aliphatic carbocycles. The van der Waals surface area contributed by atoms with Crippen molar-refractivity contribution in [1.82, 2.24) is 4.90 Å². The zero-order valence-electron chi connectivity index (χ0n) is 10.5. The third kappa shape index (κ3) is 5.78. The van der Waals surface area contributed by atoms with E-state index in [0.717, 1.165) is 13.0 Å². The molecule has 0 spiro atoms. The minimum absolute atomic E-state index is 0.374. The van der Waals surface area contributed by atoms with Crippen LogP contribution in [0.25, 0.3) is 0 Å². The van der Waals surface area contributed by atoms with Crippen LogP contribution in [-0.4, -0.2) is 35.6 Å². The molecule has 2 unspecified atom stereocenters. The molecule has 0 heterocycles. The fraction of sp³-hybridized carbons (Fsp3) is 0.917. The molecule has 0 fully saturated rings. The summed E-state index contributed by atoms with van der Waals surface area (Å²) < 4.78 is 0. The summed E-state index contributed by atoms with van der Waals surface area (Å²) in [6.07, 6.45) is 4.81. The van der Waals surface area contributed by atoms with Crippen LogP contribution in [-0.2, 0) is 4.79 Å². The lowest BCUT2D eigenvalue weighted by molar-refractivity contribution is -0.142. The van der Waals surface area contributed by atoms with Gasteiger partial charge >= 0.3 is 5.97 Å². The SMILES string of the molecule is CCCCC(CC)CN(C)C(C)C(=O)O. The molecule has 0 aliphatic heterocycles. The molecule has 3 heteroatoms. The van der Waals surface area contributed by atoms with Crippen LogP contribution in [0.15, 0.2) is 0 Å². The number of unbranched alkanes of at least 4 members (excludes halogenated alkanes) is 1. The third-order valence-corrected chi connectivity index (χ3v) is 3.11. The number of hydrogen-bond acceptors (Lipinski definition) is 2. The minimum atomic E-state index is -0.733. The Balaban J connectivity index is 3.99. The predicted molar refractivity (Wildman–Crippen MR) is 63.0 cm³/mol. The van der Waals surface area contributed by atoms with E-state index in [0.29, 0.717) is 5.92 Å². The fourth-order valence-corrected chi connectivity index (χ4v) is 1.67.